The molecule has 5 heteroatoms. The van der Waals surface area contributed by atoms with E-state index in [0.29, 0.717) is 6.42 Å². The van der Waals surface area contributed by atoms with Crippen LogP contribution in [0, 0.1) is 0 Å². The fraction of sp³-hybridized carbons (Fsp3) is 0.267. The van der Waals surface area contributed by atoms with Gasteiger partial charge < -0.3 is 20.4 Å². The summed E-state index contributed by atoms with van der Waals surface area (Å²) in [5.74, 6) is -0.979. The van der Waals surface area contributed by atoms with Gasteiger partial charge in [-0.25, -0.2) is 0 Å². The zero-order chi connectivity index (χ0) is 15.1. The Hall–Kier alpha value is -2.27. The molecule has 1 aromatic rings. The summed E-state index contributed by atoms with van der Waals surface area (Å²) in [5.41, 5.74) is 0.695. The van der Waals surface area contributed by atoms with Crippen LogP contribution in [0.2, 0.25) is 0 Å². The van der Waals surface area contributed by atoms with Gasteiger partial charge in [0.1, 0.15) is 17.3 Å². The minimum absolute atomic E-state index is 0.154. The number of hydrogen-bond acceptors (Lipinski definition) is 5. The van der Waals surface area contributed by atoms with Crippen molar-refractivity contribution in [2.75, 3.05) is 6.61 Å². The molecule has 1 aromatic carbocycles. The quantitative estimate of drug-likeness (QED) is 0.363. The van der Waals surface area contributed by atoms with Gasteiger partial charge in [0.2, 0.25) is 0 Å². The van der Waals surface area contributed by atoms with Crippen LogP contribution in [0.25, 0.3) is 0 Å². The first-order chi connectivity index (χ1) is 9.45. The molecule has 0 aromatic heterocycles. The smallest absolute Gasteiger partial charge is 0.166 e. The molecule has 0 spiro atoms. The van der Waals surface area contributed by atoms with Crippen molar-refractivity contribution in [1.29, 1.82) is 0 Å². The number of phenols is 1. The second-order valence-electron chi connectivity index (χ2n) is 4.32. The number of aromatic hydroxyl groups is 1. The molecule has 0 bridgehead atoms. The summed E-state index contributed by atoms with van der Waals surface area (Å²) in [6.07, 6.45) is 1.67. The van der Waals surface area contributed by atoms with E-state index in [2.05, 4.69) is 0 Å². The number of benzene rings is 1. The Labute approximate surface area is 117 Å². The van der Waals surface area contributed by atoms with Crippen LogP contribution < -0.4 is 0 Å². The number of carbonyl (C=O) groups is 1. The van der Waals surface area contributed by atoms with E-state index in [1.807, 2.05) is 0 Å². The van der Waals surface area contributed by atoms with E-state index in [4.69, 9.17) is 10.2 Å². The average Bonchev–Trinajstić information content (AvgIpc) is 2.38. The zero-order valence-corrected chi connectivity index (χ0v) is 11.2. The normalized spacial score (nSPS) is 13.0. The van der Waals surface area contributed by atoms with Crippen LogP contribution in [-0.2, 0) is 11.2 Å². The van der Waals surface area contributed by atoms with Crippen molar-refractivity contribution in [1.82, 2.24) is 0 Å². The molecule has 0 unspecified atom stereocenters. The SMILES string of the molecule is CC(=O)C(=C(O)CCc1ccc(O)cc1)/C(O)=C\CO. The standard InChI is InChI=1S/C15H18O5/c1-10(17)15(14(20)8-9-16)13(19)7-4-11-2-5-12(18)6-3-11/h2-3,5-6,8,16,18-20H,4,7,9H2,1H3/b14-8+,15-13?. The molecule has 0 aliphatic rings. The van der Waals surface area contributed by atoms with Crippen LogP contribution in [0.1, 0.15) is 18.9 Å². The first-order valence-electron chi connectivity index (χ1n) is 6.17. The summed E-state index contributed by atoms with van der Waals surface area (Å²) >= 11 is 0. The Morgan fingerprint density at radius 3 is 2.30 bits per heavy atom. The summed E-state index contributed by atoms with van der Waals surface area (Å²) < 4.78 is 0. The fourth-order valence-corrected chi connectivity index (χ4v) is 1.77. The van der Waals surface area contributed by atoms with E-state index in [9.17, 15) is 15.0 Å². The summed E-state index contributed by atoms with van der Waals surface area (Å²) in [5, 5.41) is 37.4. The number of carbonyl (C=O) groups excluding carboxylic acids is 1. The molecule has 5 nitrogen and oxygen atoms in total. The van der Waals surface area contributed by atoms with E-state index in [-0.39, 0.29) is 23.5 Å². The van der Waals surface area contributed by atoms with Crippen molar-refractivity contribution in [3.8, 4) is 5.75 Å². The third kappa shape index (κ3) is 4.44. The monoisotopic (exact) mass is 278 g/mol. The van der Waals surface area contributed by atoms with Crippen LogP contribution >= 0.6 is 0 Å². The summed E-state index contributed by atoms with van der Waals surface area (Å²) in [6.45, 7) is 0.807. The van der Waals surface area contributed by atoms with Gasteiger partial charge >= 0.3 is 0 Å². The first-order valence-corrected chi connectivity index (χ1v) is 6.17. The lowest BCUT2D eigenvalue weighted by atomic mass is 10.0. The molecule has 0 saturated heterocycles. The Morgan fingerprint density at radius 2 is 1.80 bits per heavy atom. The fourth-order valence-electron chi connectivity index (χ4n) is 1.77. The lowest BCUT2D eigenvalue weighted by molar-refractivity contribution is -0.113. The molecule has 0 aliphatic heterocycles. The molecular weight excluding hydrogens is 260 g/mol. The molecule has 108 valence electrons. The predicted octanol–water partition coefficient (Wildman–Crippen LogP) is 2.16. The van der Waals surface area contributed by atoms with Crippen LogP contribution in [0.4, 0.5) is 0 Å². The highest BCUT2D eigenvalue weighted by molar-refractivity contribution is 5.97. The minimum atomic E-state index is -0.476. The molecule has 1 rings (SSSR count). The maximum absolute atomic E-state index is 11.4. The molecule has 0 amide bonds. The summed E-state index contributed by atoms with van der Waals surface area (Å²) in [7, 11) is 0. The molecule has 20 heavy (non-hydrogen) atoms. The Bertz CT molecular complexity index is 526. The van der Waals surface area contributed by atoms with Crippen molar-refractivity contribution in [2.24, 2.45) is 0 Å². The molecule has 0 saturated carbocycles. The van der Waals surface area contributed by atoms with Crippen molar-refractivity contribution in [3.05, 3.63) is 53.0 Å². The van der Waals surface area contributed by atoms with Crippen molar-refractivity contribution in [3.63, 3.8) is 0 Å². The van der Waals surface area contributed by atoms with Gasteiger partial charge in [-0.15, -0.1) is 0 Å². The number of allylic oxidation sites excluding steroid dienone is 2. The molecule has 0 aliphatic carbocycles. The highest BCUT2D eigenvalue weighted by Crippen LogP contribution is 2.18. The molecule has 0 atom stereocenters. The van der Waals surface area contributed by atoms with E-state index in [0.717, 1.165) is 11.6 Å². The maximum Gasteiger partial charge on any atom is 0.166 e. The lowest BCUT2D eigenvalue weighted by Gasteiger charge is -2.08. The van der Waals surface area contributed by atoms with Crippen molar-refractivity contribution < 1.29 is 25.2 Å². The molecular formula is C15H18O5. The highest BCUT2D eigenvalue weighted by Gasteiger charge is 2.15. The van der Waals surface area contributed by atoms with Gasteiger partial charge in [0, 0.05) is 6.42 Å². The number of ketones is 1. The minimum Gasteiger partial charge on any atom is -0.511 e. The molecule has 0 heterocycles. The van der Waals surface area contributed by atoms with E-state index in [1.165, 1.54) is 19.1 Å². The van der Waals surface area contributed by atoms with Gasteiger partial charge in [-0.05, 0) is 37.1 Å². The zero-order valence-electron chi connectivity index (χ0n) is 11.2. The van der Waals surface area contributed by atoms with Gasteiger partial charge in [0.15, 0.2) is 5.78 Å². The van der Waals surface area contributed by atoms with Crippen LogP contribution in [0.15, 0.2) is 47.4 Å². The number of aliphatic hydroxyl groups excluding tert-OH is 3. The van der Waals surface area contributed by atoms with E-state index < -0.39 is 18.1 Å². The molecule has 4 N–H and O–H groups in total. The van der Waals surface area contributed by atoms with Crippen LogP contribution in [-0.4, -0.2) is 32.8 Å². The van der Waals surface area contributed by atoms with Gasteiger partial charge in [-0.3, -0.25) is 4.79 Å². The maximum atomic E-state index is 11.4. The third-order valence-corrected chi connectivity index (χ3v) is 2.77. The molecule has 0 fully saturated rings. The van der Waals surface area contributed by atoms with E-state index >= 15 is 0 Å². The topological polar surface area (TPSA) is 98.0 Å². The number of rotatable bonds is 6. The number of aliphatic hydroxyl groups is 3. The van der Waals surface area contributed by atoms with Crippen molar-refractivity contribution >= 4 is 5.78 Å². The predicted molar refractivity (Wildman–Crippen MR) is 74.6 cm³/mol. The lowest BCUT2D eigenvalue weighted by Crippen LogP contribution is -2.06. The summed E-state index contributed by atoms with van der Waals surface area (Å²) in [6, 6.07) is 6.48. The van der Waals surface area contributed by atoms with Crippen LogP contribution in [0.3, 0.4) is 0 Å². The number of Topliss-reactive ketones (excluding diaryl/α,β-unsaturated/α-hetero) is 1. The Morgan fingerprint density at radius 1 is 1.20 bits per heavy atom. The van der Waals surface area contributed by atoms with Gasteiger partial charge in [0.25, 0.3) is 0 Å². The van der Waals surface area contributed by atoms with Gasteiger partial charge in [0.05, 0.1) is 12.2 Å². The van der Waals surface area contributed by atoms with Crippen molar-refractivity contribution in [2.45, 2.75) is 19.8 Å². The second-order valence-corrected chi connectivity index (χ2v) is 4.32. The number of hydrogen-bond donors (Lipinski definition) is 4. The number of phenolic OH excluding ortho intramolecular Hbond substituents is 1. The van der Waals surface area contributed by atoms with Gasteiger partial charge in [-0.2, -0.15) is 0 Å². The number of aryl methyl sites for hydroxylation is 1. The first kappa shape index (κ1) is 15.8. The largest absolute Gasteiger partial charge is 0.511 e. The second kappa shape index (κ2) is 7.35. The highest BCUT2D eigenvalue weighted by atomic mass is 16.3. The Kier molecular flexibility index (Phi) is 5.80. The third-order valence-electron chi connectivity index (χ3n) is 2.77. The van der Waals surface area contributed by atoms with Crippen LogP contribution in [0.5, 0.6) is 5.75 Å². The Balaban J connectivity index is 2.86. The average molecular weight is 278 g/mol. The summed E-state index contributed by atoms with van der Waals surface area (Å²) in [4.78, 5) is 11.4. The van der Waals surface area contributed by atoms with Gasteiger partial charge in [-0.1, -0.05) is 12.1 Å². The van der Waals surface area contributed by atoms with E-state index in [1.54, 1.807) is 12.1 Å². The molecule has 0 radical (unpaired) electrons.